The minimum absolute atomic E-state index is 0.0391. The van der Waals surface area contributed by atoms with Crippen molar-refractivity contribution < 1.29 is 23.9 Å². The second-order valence-electron chi connectivity index (χ2n) is 5.78. The highest BCUT2D eigenvalue weighted by Crippen LogP contribution is 2.32. The van der Waals surface area contributed by atoms with Crippen LogP contribution in [0.2, 0.25) is 0 Å². The number of thioether (sulfide) groups is 1. The zero-order chi connectivity index (χ0) is 20.1. The van der Waals surface area contributed by atoms with E-state index in [0.717, 1.165) is 10.6 Å². The molecule has 1 aromatic heterocycles. The first-order valence-corrected chi connectivity index (χ1v) is 10.00. The molecule has 0 bridgehead atoms. The molecule has 3 N–H and O–H groups in total. The number of amides is 3. The third-order valence-electron chi connectivity index (χ3n) is 3.50. The van der Waals surface area contributed by atoms with Crippen molar-refractivity contribution in [1.29, 1.82) is 0 Å². The standard InChI is InChI=1S/C17H16N4O5S2/c1-9-7-28-16(18-9)5-13(22)20-21-14(23)6-26-17(25)10-2-3-12-11(4-10)19-15(24)8-27-12/h2-4,7H,5-6,8H2,1H3,(H,19,24)(H,20,22)(H,21,23). The number of anilines is 1. The minimum atomic E-state index is -0.715. The molecule has 1 aromatic carbocycles. The van der Waals surface area contributed by atoms with E-state index in [0.29, 0.717) is 16.4 Å². The van der Waals surface area contributed by atoms with E-state index >= 15 is 0 Å². The summed E-state index contributed by atoms with van der Waals surface area (Å²) in [6.45, 7) is 1.26. The van der Waals surface area contributed by atoms with Gasteiger partial charge in [0.1, 0.15) is 5.01 Å². The van der Waals surface area contributed by atoms with Crippen LogP contribution in [0.15, 0.2) is 28.5 Å². The van der Waals surface area contributed by atoms with Gasteiger partial charge in [-0.2, -0.15) is 0 Å². The molecule has 3 amide bonds. The van der Waals surface area contributed by atoms with Crippen molar-refractivity contribution in [1.82, 2.24) is 15.8 Å². The lowest BCUT2D eigenvalue weighted by molar-refractivity contribution is -0.130. The van der Waals surface area contributed by atoms with E-state index < -0.39 is 24.4 Å². The number of benzene rings is 1. The van der Waals surface area contributed by atoms with E-state index in [1.807, 2.05) is 12.3 Å². The van der Waals surface area contributed by atoms with Crippen molar-refractivity contribution in [2.75, 3.05) is 17.7 Å². The van der Waals surface area contributed by atoms with Crippen LogP contribution in [0.3, 0.4) is 0 Å². The van der Waals surface area contributed by atoms with E-state index in [1.165, 1.54) is 29.2 Å². The Balaban J connectivity index is 1.44. The highest BCUT2D eigenvalue weighted by atomic mass is 32.2. The number of carbonyl (C=O) groups excluding carboxylic acids is 4. The molecule has 0 radical (unpaired) electrons. The number of hydrogen-bond donors (Lipinski definition) is 3. The molecule has 2 aromatic rings. The number of thiazole rings is 1. The monoisotopic (exact) mass is 420 g/mol. The van der Waals surface area contributed by atoms with Gasteiger partial charge in [-0.25, -0.2) is 9.78 Å². The summed E-state index contributed by atoms with van der Waals surface area (Å²) in [4.78, 5) is 52.0. The van der Waals surface area contributed by atoms with Crippen molar-refractivity contribution in [2.45, 2.75) is 18.2 Å². The number of esters is 1. The lowest BCUT2D eigenvalue weighted by Crippen LogP contribution is -2.44. The third-order valence-corrected chi connectivity index (χ3v) is 5.54. The summed E-state index contributed by atoms with van der Waals surface area (Å²) >= 11 is 2.73. The summed E-state index contributed by atoms with van der Waals surface area (Å²) in [5.74, 6) is -1.65. The van der Waals surface area contributed by atoms with Crippen molar-refractivity contribution in [3.8, 4) is 0 Å². The third kappa shape index (κ3) is 5.30. The van der Waals surface area contributed by atoms with Gasteiger partial charge in [0.25, 0.3) is 5.91 Å². The number of aromatic nitrogens is 1. The number of hydrazine groups is 1. The van der Waals surface area contributed by atoms with Gasteiger partial charge in [0.05, 0.1) is 23.4 Å². The molecule has 1 aliphatic rings. The first-order valence-electron chi connectivity index (χ1n) is 8.13. The number of nitrogens with zero attached hydrogens (tertiary/aromatic N) is 1. The van der Waals surface area contributed by atoms with Crippen LogP contribution in [0.5, 0.6) is 0 Å². The Morgan fingerprint density at radius 3 is 2.79 bits per heavy atom. The smallest absolute Gasteiger partial charge is 0.338 e. The highest BCUT2D eigenvalue weighted by molar-refractivity contribution is 8.00. The molecule has 0 spiro atoms. The summed E-state index contributed by atoms with van der Waals surface area (Å²) in [5, 5.41) is 5.13. The maximum Gasteiger partial charge on any atom is 0.338 e. The summed E-state index contributed by atoms with van der Waals surface area (Å²) in [7, 11) is 0. The van der Waals surface area contributed by atoms with E-state index in [9.17, 15) is 19.2 Å². The molecular formula is C17H16N4O5S2. The van der Waals surface area contributed by atoms with Crippen molar-refractivity contribution in [3.63, 3.8) is 0 Å². The lowest BCUT2D eigenvalue weighted by atomic mass is 10.2. The normalized spacial score (nSPS) is 12.5. The molecule has 3 rings (SSSR count). The lowest BCUT2D eigenvalue weighted by Gasteiger charge is -2.16. The zero-order valence-corrected chi connectivity index (χ0v) is 16.4. The number of nitrogens with one attached hydrogen (secondary N) is 3. The fourth-order valence-corrected chi connectivity index (χ4v) is 3.82. The van der Waals surface area contributed by atoms with Crippen molar-refractivity contribution in [3.05, 3.63) is 39.8 Å². The highest BCUT2D eigenvalue weighted by Gasteiger charge is 2.18. The van der Waals surface area contributed by atoms with E-state index in [2.05, 4.69) is 21.2 Å². The van der Waals surface area contributed by atoms with Crippen LogP contribution in [0.4, 0.5) is 5.69 Å². The Kier molecular flexibility index (Phi) is 6.26. The number of fused-ring (bicyclic) bond motifs is 1. The average Bonchev–Trinajstić information content (AvgIpc) is 3.08. The molecule has 0 saturated heterocycles. The molecular weight excluding hydrogens is 404 g/mol. The van der Waals surface area contributed by atoms with E-state index in [4.69, 9.17) is 4.74 Å². The maximum absolute atomic E-state index is 12.1. The number of aryl methyl sites for hydroxylation is 1. The molecule has 0 saturated carbocycles. The molecule has 0 atom stereocenters. The fraction of sp³-hybridized carbons (Fsp3) is 0.235. The van der Waals surface area contributed by atoms with Gasteiger partial charge in [-0.05, 0) is 25.1 Å². The van der Waals surface area contributed by atoms with Gasteiger partial charge < -0.3 is 10.1 Å². The van der Waals surface area contributed by atoms with Gasteiger partial charge in [0.15, 0.2) is 6.61 Å². The van der Waals surface area contributed by atoms with Crippen LogP contribution in [0.25, 0.3) is 0 Å². The largest absolute Gasteiger partial charge is 0.452 e. The van der Waals surface area contributed by atoms with Gasteiger partial charge >= 0.3 is 5.97 Å². The maximum atomic E-state index is 12.1. The van der Waals surface area contributed by atoms with Crippen LogP contribution in [0.1, 0.15) is 21.1 Å². The first-order chi connectivity index (χ1) is 13.4. The van der Waals surface area contributed by atoms with Gasteiger partial charge in [-0.3, -0.25) is 25.2 Å². The number of ether oxygens (including phenoxy) is 1. The molecule has 146 valence electrons. The Morgan fingerprint density at radius 1 is 1.25 bits per heavy atom. The molecule has 1 aliphatic heterocycles. The quantitative estimate of drug-likeness (QED) is 0.487. The van der Waals surface area contributed by atoms with Gasteiger partial charge in [-0.1, -0.05) is 0 Å². The predicted octanol–water partition coefficient (Wildman–Crippen LogP) is 1.04. The van der Waals surface area contributed by atoms with E-state index in [-0.39, 0.29) is 17.9 Å². The van der Waals surface area contributed by atoms with Crippen LogP contribution < -0.4 is 16.2 Å². The van der Waals surface area contributed by atoms with E-state index in [1.54, 1.807) is 12.1 Å². The van der Waals surface area contributed by atoms with Crippen LogP contribution in [-0.4, -0.2) is 41.0 Å². The molecule has 0 aliphatic carbocycles. The Morgan fingerprint density at radius 2 is 2.04 bits per heavy atom. The molecule has 0 unspecified atom stereocenters. The first kappa shape index (κ1) is 19.8. The summed E-state index contributed by atoms with van der Waals surface area (Å²) in [6.07, 6.45) is 0.0391. The van der Waals surface area contributed by atoms with Gasteiger partial charge in [0, 0.05) is 16.0 Å². The topological polar surface area (TPSA) is 126 Å². The second-order valence-corrected chi connectivity index (χ2v) is 7.74. The Hall–Kier alpha value is -2.92. The summed E-state index contributed by atoms with van der Waals surface area (Å²) in [5.41, 5.74) is 5.97. The fourth-order valence-electron chi connectivity index (χ4n) is 2.27. The second kappa shape index (κ2) is 8.85. The van der Waals surface area contributed by atoms with Gasteiger partial charge in [0.2, 0.25) is 11.8 Å². The van der Waals surface area contributed by atoms with Crippen LogP contribution >= 0.6 is 23.1 Å². The Labute approximate surface area is 168 Å². The van der Waals surface area contributed by atoms with Crippen molar-refractivity contribution >= 4 is 52.5 Å². The van der Waals surface area contributed by atoms with Crippen LogP contribution in [-0.2, 0) is 25.5 Å². The van der Waals surface area contributed by atoms with Crippen LogP contribution in [0, 0.1) is 6.92 Å². The molecule has 2 heterocycles. The Bertz CT molecular complexity index is 943. The molecule has 0 fully saturated rings. The summed E-state index contributed by atoms with van der Waals surface area (Å²) in [6, 6.07) is 4.76. The summed E-state index contributed by atoms with van der Waals surface area (Å²) < 4.78 is 4.93. The predicted molar refractivity (Wildman–Crippen MR) is 103 cm³/mol. The molecule has 11 heteroatoms. The number of hydrogen-bond acceptors (Lipinski definition) is 8. The SMILES string of the molecule is Cc1csc(CC(=O)NNC(=O)COC(=O)c2ccc3c(c2)NC(=O)CS3)n1. The molecule has 28 heavy (non-hydrogen) atoms. The average molecular weight is 420 g/mol. The zero-order valence-electron chi connectivity index (χ0n) is 14.7. The minimum Gasteiger partial charge on any atom is -0.452 e. The van der Waals surface area contributed by atoms with Gasteiger partial charge in [-0.15, -0.1) is 23.1 Å². The number of rotatable bonds is 5. The molecule has 9 nitrogen and oxygen atoms in total. The number of carbonyl (C=O) groups is 4. The van der Waals surface area contributed by atoms with Crippen molar-refractivity contribution in [2.24, 2.45) is 0 Å².